The molecule has 0 unspecified atom stereocenters. The summed E-state index contributed by atoms with van der Waals surface area (Å²) >= 11 is 0. The fourth-order valence-electron chi connectivity index (χ4n) is 1.00. The van der Waals surface area contributed by atoms with Crippen LogP contribution in [-0.4, -0.2) is 5.78 Å². The minimum atomic E-state index is 0.323. The van der Waals surface area contributed by atoms with E-state index in [0.29, 0.717) is 5.78 Å². The molecule has 0 amide bonds. The van der Waals surface area contributed by atoms with Gasteiger partial charge in [-0.15, -0.1) is 0 Å². The van der Waals surface area contributed by atoms with E-state index in [1.165, 1.54) is 12.8 Å². The highest BCUT2D eigenvalue weighted by molar-refractivity contribution is 5.95. The van der Waals surface area contributed by atoms with Gasteiger partial charge < -0.3 is 0 Å². The number of ketones is 1. The number of unbranched alkanes of at least 4 members (excludes halogenated alkanes) is 2. The van der Waals surface area contributed by atoms with Crippen molar-refractivity contribution in [2.24, 2.45) is 0 Å². The van der Waals surface area contributed by atoms with Gasteiger partial charge in [-0.1, -0.05) is 25.3 Å². The van der Waals surface area contributed by atoms with Crippen molar-refractivity contribution in [1.82, 2.24) is 0 Å². The Morgan fingerprint density at radius 1 is 1.08 bits per heavy atom. The number of carbonyl (C=O) groups is 1. The monoisotopic (exact) mass is 168 g/mol. The second-order valence-electron chi connectivity index (χ2n) is 3.51. The van der Waals surface area contributed by atoms with Crippen LogP contribution in [0.1, 0.15) is 53.4 Å². The first-order valence-electron chi connectivity index (χ1n) is 4.76. The molecule has 0 aliphatic heterocycles. The Hall–Kier alpha value is -0.590. The highest BCUT2D eigenvalue weighted by Crippen LogP contribution is 2.09. The molecule has 0 aliphatic carbocycles. The van der Waals surface area contributed by atoms with Crippen molar-refractivity contribution in [3.05, 3.63) is 11.1 Å². The molecule has 0 saturated carbocycles. The molecule has 0 aromatic rings. The van der Waals surface area contributed by atoms with Gasteiger partial charge >= 0.3 is 0 Å². The number of carbonyl (C=O) groups excluding carboxylic acids is 1. The van der Waals surface area contributed by atoms with Gasteiger partial charge in [0.2, 0.25) is 0 Å². The molecule has 0 aromatic carbocycles. The second kappa shape index (κ2) is 5.99. The summed E-state index contributed by atoms with van der Waals surface area (Å²) in [5, 5.41) is 0. The van der Waals surface area contributed by atoms with Crippen molar-refractivity contribution >= 4 is 5.78 Å². The Bertz CT molecular complexity index is 173. The summed E-state index contributed by atoms with van der Waals surface area (Å²) in [5.74, 6) is 0.323. The van der Waals surface area contributed by atoms with Crippen LogP contribution in [0.4, 0.5) is 0 Å². The molecule has 0 bridgehead atoms. The first-order chi connectivity index (χ1) is 5.59. The zero-order valence-electron chi connectivity index (χ0n) is 8.74. The number of allylic oxidation sites excluding steroid dienone is 2. The summed E-state index contributed by atoms with van der Waals surface area (Å²) in [4.78, 5) is 11.4. The van der Waals surface area contributed by atoms with Gasteiger partial charge in [0, 0.05) is 6.42 Å². The standard InChI is InChI=1S/C11H20O/c1-5-6-7-8-11(12)10(4)9(2)3/h5-8H2,1-4H3. The highest BCUT2D eigenvalue weighted by atomic mass is 16.1. The first kappa shape index (κ1) is 11.4. The quantitative estimate of drug-likeness (QED) is 0.453. The molecule has 12 heavy (non-hydrogen) atoms. The molecule has 0 saturated heterocycles. The van der Waals surface area contributed by atoms with Gasteiger partial charge in [0.15, 0.2) is 5.78 Å². The van der Waals surface area contributed by atoms with Crippen molar-refractivity contribution in [3.63, 3.8) is 0 Å². The number of Topliss-reactive ketones (excluding diaryl/α,β-unsaturated/α-hetero) is 1. The van der Waals surface area contributed by atoms with E-state index in [9.17, 15) is 4.79 Å². The zero-order valence-corrected chi connectivity index (χ0v) is 8.74. The summed E-state index contributed by atoms with van der Waals surface area (Å²) in [5.41, 5.74) is 2.10. The Kier molecular flexibility index (Phi) is 5.69. The van der Waals surface area contributed by atoms with Crippen LogP contribution < -0.4 is 0 Å². The van der Waals surface area contributed by atoms with E-state index in [4.69, 9.17) is 0 Å². The van der Waals surface area contributed by atoms with E-state index in [1.54, 1.807) is 0 Å². The fourth-order valence-corrected chi connectivity index (χ4v) is 1.00. The molecule has 0 N–H and O–H groups in total. The maximum Gasteiger partial charge on any atom is 0.158 e. The lowest BCUT2D eigenvalue weighted by atomic mass is 10.0. The molecule has 0 spiro atoms. The van der Waals surface area contributed by atoms with E-state index in [-0.39, 0.29) is 0 Å². The lowest BCUT2D eigenvalue weighted by Gasteiger charge is -2.01. The fraction of sp³-hybridized carbons (Fsp3) is 0.727. The average molecular weight is 168 g/mol. The third-order valence-electron chi connectivity index (χ3n) is 2.18. The van der Waals surface area contributed by atoms with Crippen LogP contribution in [-0.2, 0) is 4.79 Å². The molecule has 1 heteroatoms. The van der Waals surface area contributed by atoms with Crippen LogP contribution in [0, 0.1) is 0 Å². The van der Waals surface area contributed by atoms with Crippen LogP contribution in [0.5, 0.6) is 0 Å². The van der Waals surface area contributed by atoms with Gasteiger partial charge in [0.25, 0.3) is 0 Å². The Balaban J connectivity index is 3.81. The summed E-state index contributed by atoms with van der Waals surface area (Å²) in [6.07, 6.45) is 4.12. The Morgan fingerprint density at radius 3 is 2.08 bits per heavy atom. The van der Waals surface area contributed by atoms with Crippen molar-refractivity contribution in [1.29, 1.82) is 0 Å². The third kappa shape index (κ3) is 4.32. The van der Waals surface area contributed by atoms with Crippen LogP contribution >= 0.6 is 0 Å². The van der Waals surface area contributed by atoms with Crippen molar-refractivity contribution in [2.45, 2.75) is 53.4 Å². The number of hydrogen-bond donors (Lipinski definition) is 0. The SMILES string of the molecule is CCCCCC(=O)C(C)=C(C)C. The number of hydrogen-bond acceptors (Lipinski definition) is 1. The minimum Gasteiger partial charge on any atom is -0.295 e. The van der Waals surface area contributed by atoms with Crippen LogP contribution in [0.25, 0.3) is 0 Å². The summed E-state index contributed by atoms with van der Waals surface area (Å²) in [6.45, 7) is 8.06. The first-order valence-corrected chi connectivity index (χ1v) is 4.76. The maximum atomic E-state index is 11.4. The lowest BCUT2D eigenvalue weighted by Crippen LogP contribution is -2.00. The van der Waals surface area contributed by atoms with E-state index in [0.717, 1.165) is 24.0 Å². The zero-order chi connectivity index (χ0) is 9.56. The third-order valence-corrected chi connectivity index (χ3v) is 2.18. The van der Waals surface area contributed by atoms with Crippen molar-refractivity contribution in [3.8, 4) is 0 Å². The molecule has 0 fully saturated rings. The smallest absolute Gasteiger partial charge is 0.158 e. The largest absolute Gasteiger partial charge is 0.295 e. The van der Waals surface area contributed by atoms with Crippen molar-refractivity contribution in [2.75, 3.05) is 0 Å². The second-order valence-corrected chi connectivity index (χ2v) is 3.51. The highest BCUT2D eigenvalue weighted by Gasteiger charge is 2.04. The molecule has 0 aromatic heterocycles. The summed E-state index contributed by atoms with van der Waals surface area (Å²) in [7, 11) is 0. The average Bonchev–Trinajstić information content (AvgIpc) is 2.03. The van der Waals surface area contributed by atoms with Gasteiger partial charge in [-0.3, -0.25) is 4.79 Å². The van der Waals surface area contributed by atoms with E-state index in [1.807, 2.05) is 20.8 Å². The lowest BCUT2D eigenvalue weighted by molar-refractivity contribution is -0.115. The van der Waals surface area contributed by atoms with Crippen molar-refractivity contribution < 1.29 is 4.79 Å². The summed E-state index contributed by atoms with van der Waals surface area (Å²) < 4.78 is 0. The molecule has 0 radical (unpaired) electrons. The Morgan fingerprint density at radius 2 is 1.67 bits per heavy atom. The molecule has 1 nitrogen and oxygen atoms in total. The van der Waals surface area contributed by atoms with Crippen LogP contribution in [0.15, 0.2) is 11.1 Å². The minimum absolute atomic E-state index is 0.323. The number of rotatable bonds is 5. The molecule has 0 rings (SSSR count). The predicted molar refractivity (Wildman–Crippen MR) is 53.2 cm³/mol. The maximum absolute atomic E-state index is 11.4. The normalized spacial score (nSPS) is 9.67. The summed E-state index contributed by atoms with van der Waals surface area (Å²) in [6, 6.07) is 0. The van der Waals surface area contributed by atoms with E-state index in [2.05, 4.69) is 6.92 Å². The molecule has 0 atom stereocenters. The van der Waals surface area contributed by atoms with Gasteiger partial charge in [0.1, 0.15) is 0 Å². The molecule has 0 heterocycles. The van der Waals surface area contributed by atoms with Crippen LogP contribution in [0.2, 0.25) is 0 Å². The topological polar surface area (TPSA) is 17.1 Å². The van der Waals surface area contributed by atoms with E-state index < -0.39 is 0 Å². The molecule has 0 aliphatic rings. The van der Waals surface area contributed by atoms with Gasteiger partial charge in [-0.25, -0.2) is 0 Å². The molecular formula is C11H20O. The molecular weight excluding hydrogens is 148 g/mol. The van der Waals surface area contributed by atoms with Gasteiger partial charge in [-0.05, 0) is 32.8 Å². The van der Waals surface area contributed by atoms with Gasteiger partial charge in [-0.2, -0.15) is 0 Å². The Labute approximate surface area is 75.9 Å². The molecule has 70 valence electrons. The van der Waals surface area contributed by atoms with E-state index >= 15 is 0 Å². The predicted octanol–water partition coefficient (Wildman–Crippen LogP) is 3.49. The van der Waals surface area contributed by atoms with Gasteiger partial charge in [0.05, 0.1) is 0 Å². The van der Waals surface area contributed by atoms with Crippen LogP contribution in [0.3, 0.4) is 0 Å².